The van der Waals surface area contributed by atoms with E-state index in [-0.39, 0.29) is 0 Å². The lowest BCUT2D eigenvalue weighted by Gasteiger charge is -1.90. The molecule has 0 aromatic carbocycles. The normalized spacial score (nSPS) is 9.91. The average Bonchev–Trinajstić information content (AvgIpc) is 2.31. The summed E-state index contributed by atoms with van der Waals surface area (Å²) in [6.07, 6.45) is 0. The number of nitrogen functional groups attached to an aromatic ring is 1. The quantitative estimate of drug-likeness (QED) is 0.704. The third kappa shape index (κ3) is 2.81. The van der Waals surface area contributed by atoms with Crippen molar-refractivity contribution in [2.24, 2.45) is 0 Å². The molecule has 0 aliphatic carbocycles. The molecule has 4 nitrogen and oxygen atoms in total. The Labute approximate surface area is 73.2 Å². The second kappa shape index (κ2) is 3.64. The predicted molar refractivity (Wildman–Crippen MR) is 46.5 cm³/mol. The Morgan fingerprint density at radius 3 is 3.00 bits per heavy atom. The number of rotatable bonds is 3. The molecule has 0 radical (unpaired) electrons. The molecule has 6 heteroatoms. The van der Waals surface area contributed by atoms with Gasteiger partial charge in [-0.25, -0.2) is 5.10 Å². The van der Waals surface area contributed by atoms with Gasteiger partial charge in [-0.2, -0.15) is 4.98 Å². The summed E-state index contributed by atoms with van der Waals surface area (Å²) < 4.78 is 0. The van der Waals surface area contributed by atoms with Crippen LogP contribution in [-0.2, 0) is 0 Å². The van der Waals surface area contributed by atoms with Crippen LogP contribution in [0.5, 0.6) is 0 Å². The minimum absolute atomic E-state index is 0.313. The van der Waals surface area contributed by atoms with Gasteiger partial charge in [0.2, 0.25) is 11.1 Å². The molecule has 1 rings (SSSR count). The summed E-state index contributed by atoms with van der Waals surface area (Å²) in [5.41, 5.74) is 5.29. The van der Waals surface area contributed by atoms with E-state index in [1.54, 1.807) is 0 Å². The monoisotopic (exact) mass is 190 g/mol. The molecule has 0 aliphatic heterocycles. The minimum Gasteiger partial charge on any atom is -0.368 e. The van der Waals surface area contributed by atoms with Gasteiger partial charge in [0.1, 0.15) is 0 Å². The van der Waals surface area contributed by atoms with Crippen LogP contribution in [0, 0.1) is 0 Å². The van der Waals surface area contributed by atoms with E-state index in [0.29, 0.717) is 21.9 Å². The van der Waals surface area contributed by atoms with Crippen LogP contribution in [0.25, 0.3) is 0 Å². The van der Waals surface area contributed by atoms with Gasteiger partial charge in [-0.15, -0.1) is 5.10 Å². The highest BCUT2D eigenvalue weighted by Gasteiger charge is 2.00. The lowest BCUT2D eigenvalue weighted by molar-refractivity contribution is 0.975. The van der Waals surface area contributed by atoms with Gasteiger partial charge in [-0.3, -0.25) is 0 Å². The first kappa shape index (κ1) is 8.42. The van der Waals surface area contributed by atoms with E-state index in [1.165, 1.54) is 11.8 Å². The summed E-state index contributed by atoms with van der Waals surface area (Å²) in [5, 5.41) is 7.46. The Bertz CT molecular complexity index is 259. The smallest absolute Gasteiger partial charge is 0.216 e. The Balaban J connectivity index is 2.45. The zero-order chi connectivity index (χ0) is 8.27. The van der Waals surface area contributed by atoms with E-state index in [9.17, 15) is 0 Å². The summed E-state index contributed by atoms with van der Waals surface area (Å²) >= 11 is 6.91. The van der Waals surface area contributed by atoms with Gasteiger partial charge >= 0.3 is 0 Å². The van der Waals surface area contributed by atoms with E-state index >= 15 is 0 Å². The highest BCUT2D eigenvalue weighted by atomic mass is 35.5. The van der Waals surface area contributed by atoms with Crippen LogP contribution in [0.3, 0.4) is 0 Å². The van der Waals surface area contributed by atoms with Crippen LogP contribution in [0.15, 0.2) is 16.8 Å². The maximum Gasteiger partial charge on any atom is 0.216 e. The predicted octanol–water partition coefficient (Wildman–Crippen LogP) is 1.23. The first-order valence-electron chi connectivity index (χ1n) is 2.82. The molecule has 60 valence electrons. The summed E-state index contributed by atoms with van der Waals surface area (Å²) in [6, 6.07) is 0. The fourth-order valence-electron chi connectivity index (χ4n) is 0.466. The molecule has 0 bridgehead atoms. The summed E-state index contributed by atoms with van der Waals surface area (Å²) in [7, 11) is 0. The van der Waals surface area contributed by atoms with Crippen molar-refractivity contribution in [1.82, 2.24) is 15.2 Å². The van der Waals surface area contributed by atoms with E-state index < -0.39 is 0 Å². The zero-order valence-electron chi connectivity index (χ0n) is 5.67. The van der Waals surface area contributed by atoms with Crippen molar-refractivity contribution < 1.29 is 0 Å². The molecular formula is C5H7ClN4S. The Hall–Kier alpha value is -0.680. The van der Waals surface area contributed by atoms with Crippen LogP contribution in [-0.4, -0.2) is 20.9 Å². The van der Waals surface area contributed by atoms with E-state index in [0.717, 1.165) is 0 Å². The Morgan fingerprint density at radius 2 is 2.55 bits per heavy atom. The van der Waals surface area contributed by atoms with Gasteiger partial charge in [0.25, 0.3) is 0 Å². The first-order valence-corrected chi connectivity index (χ1v) is 4.19. The number of nitrogens with one attached hydrogen (secondary N) is 1. The van der Waals surface area contributed by atoms with Crippen molar-refractivity contribution in [3.63, 3.8) is 0 Å². The number of halogens is 1. The van der Waals surface area contributed by atoms with Crippen molar-refractivity contribution in [3.05, 3.63) is 11.6 Å². The zero-order valence-corrected chi connectivity index (χ0v) is 7.24. The molecule has 0 saturated carbocycles. The minimum atomic E-state index is 0.313. The third-order valence-corrected chi connectivity index (χ3v) is 2.07. The van der Waals surface area contributed by atoms with Crippen LogP contribution >= 0.6 is 23.4 Å². The molecule has 0 unspecified atom stereocenters. The first-order chi connectivity index (χ1) is 5.18. The van der Waals surface area contributed by atoms with Crippen molar-refractivity contribution >= 4 is 29.3 Å². The van der Waals surface area contributed by atoms with Gasteiger partial charge in [-0.1, -0.05) is 29.9 Å². The fourth-order valence-corrected chi connectivity index (χ4v) is 1.19. The van der Waals surface area contributed by atoms with Crippen LogP contribution in [0.2, 0.25) is 0 Å². The Morgan fingerprint density at radius 1 is 1.82 bits per heavy atom. The van der Waals surface area contributed by atoms with Gasteiger partial charge in [-0.05, 0) is 0 Å². The summed E-state index contributed by atoms with van der Waals surface area (Å²) in [4.78, 5) is 3.86. The molecular weight excluding hydrogens is 184 g/mol. The summed E-state index contributed by atoms with van der Waals surface area (Å²) in [6.45, 7) is 3.52. The average molecular weight is 191 g/mol. The molecule has 0 spiro atoms. The molecule has 3 N–H and O–H groups in total. The molecule has 0 saturated heterocycles. The fraction of sp³-hybridized carbons (Fsp3) is 0.200. The number of aromatic nitrogens is 3. The second-order valence-electron chi connectivity index (χ2n) is 1.81. The number of nitrogens with two attached hydrogens (primary N) is 1. The van der Waals surface area contributed by atoms with Gasteiger partial charge in [0.15, 0.2) is 0 Å². The van der Waals surface area contributed by atoms with E-state index in [4.69, 9.17) is 17.3 Å². The highest BCUT2D eigenvalue weighted by Crippen LogP contribution is 2.16. The number of hydrogen-bond acceptors (Lipinski definition) is 4. The van der Waals surface area contributed by atoms with Crippen molar-refractivity contribution in [3.8, 4) is 0 Å². The lowest BCUT2D eigenvalue weighted by atomic mass is 10.7. The molecule has 0 aliphatic rings. The number of hydrogen-bond donors (Lipinski definition) is 2. The SMILES string of the molecule is C=C(Cl)CSc1n[nH]c(N)n1. The van der Waals surface area contributed by atoms with Crippen molar-refractivity contribution in [2.45, 2.75) is 5.16 Å². The number of thioether (sulfide) groups is 1. The molecule has 1 aromatic heterocycles. The van der Waals surface area contributed by atoms with Gasteiger partial charge < -0.3 is 5.73 Å². The number of aromatic amines is 1. The van der Waals surface area contributed by atoms with Crippen LogP contribution < -0.4 is 5.73 Å². The molecule has 0 amide bonds. The molecule has 0 atom stereocenters. The van der Waals surface area contributed by atoms with E-state index in [2.05, 4.69) is 21.8 Å². The molecule has 0 fully saturated rings. The number of H-pyrrole nitrogens is 1. The highest BCUT2D eigenvalue weighted by molar-refractivity contribution is 7.99. The second-order valence-corrected chi connectivity index (χ2v) is 3.29. The Kier molecular flexibility index (Phi) is 2.78. The van der Waals surface area contributed by atoms with E-state index in [1.807, 2.05) is 0 Å². The third-order valence-electron chi connectivity index (χ3n) is 0.840. The topological polar surface area (TPSA) is 67.6 Å². The lowest BCUT2D eigenvalue weighted by Crippen LogP contribution is -1.85. The largest absolute Gasteiger partial charge is 0.368 e. The van der Waals surface area contributed by atoms with Gasteiger partial charge in [0.05, 0.1) is 0 Å². The maximum absolute atomic E-state index is 5.52. The van der Waals surface area contributed by atoms with Crippen LogP contribution in [0.1, 0.15) is 0 Å². The number of nitrogens with zero attached hydrogens (tertiary/aromatic N) is 2. The van der Waals surface area contributed by atoms with Crippen molar-refractivity contribution in [1.29, 1.82) is 0 Å². The summed E-state index contributed by atoms with van der Waals surface area (Å²) in [5.74, 6) is 0.909. The molecule has 1 heterocycles. The molecule has 1 aromatic rings. The van der Waals surface area contributed by atoms with Gasteiger partial charge in [0, 0.05) is 10.8 Å². The standard InChI is InChI=1S/C5H7ClN4S/c1-3(6)2-11-5-8-4(7)9-10-5/h1-2H2,(H3,7,8,9,10). The maximum atomic E-state index is 5.52. The number of anilines is 1. The van der Waals surface area contributed by atoms with Crippen LogP contribution in [0.4, 0.5) is 5.95 Å². The van der Waals surface area contributed by atoms with Crippen molar-refractivity contribution in [2.75, 3.05) is 11.5 Å². The molecule has 11 heavy (non-hydrogen) atoms.